The molecule has 2 aliphatic heterocycles. The number of carbonyl (C=O) groups is 2. The average Bonchev–Trinajstić information content (AvgIpc) is 3.02. The lowest BCUT2D eigenvalue weighted by Crippen LogP contribution is -2.45. The van der Waals surface area contributed by atoms with Crippen LogP contribution in [-0.2, 0) is 11.3 Å². The topological polar surface area (TPSA) is 74.8 Å². The highest BCUT2D eigenvalue weighted by molar-refractivity contribution is 6.01. The quantitative estimate of drug-likeness (QED) is 0.901. The third-order valence-corrected chi connectivity index (χ3v) is 5.01. The Bertz CT molecular complexity index is 909. The van der Waals surface area contributed by atoms with Crippen LogP contribution in [0.4, 0.5) is 4.79 Å². The Morgan fingerprint density at radius 2 is 1.85 bits per heavy atom. The van der Waals surface area contributed by atoms with E-state index in [0.29, 0.717) is 18.7 Å². The highest BCUT2D eigenvalue weighted by Crippen LogP contribution is 2.36. The predicted molar refractivity (Wildman–Crippen MR) is 98.7 cm³/mol. The molecular formula is C20H20N4O3. The molecule has 0 aliphatic carbocycles. The molecule has 1 aromatic carbocycles. The molecule has 1 unspecified atom stereocenters. The molecule has 3 heterocycles. The Morgan fingerprint density at radius 3 is 2.52 bits per heavy atom. The van der Waals surface area contributed by atoms with Crippen molar-refractivity contribution in [1.29, 1.82) is 0 Å². The maximum Gasteiger partial charge on any atom is 0.322 e. The zero-order valence-corrected chi connectivity index (χ0v) is 15.2. The molecule has 0 saturated carbocycles. The molecule has 7 nitrogen and oxygen atoms in total. The molecule has 27 heavy (non-hydrogen) atoms. The second-order valence-corrected chi connectivity index (χ2v) is 6.59. The van der Waals surface area contributed by atoms with Crippen LogP contribution in [0, 0.1) is 0 Å². The first-order valence-electron chi connectivity index (χ1n) is 8.68. The lowest BCUT2D eigenvalue weighted by atomic mass is 9.95. The van der Waals surface area contributed by atoms with E-state index < -0.39 is 6.04 Å². The molecule has 4 rings (SSSR count). The van der Waals surface area contributed by atoms with Gasteiger partial charge >= 0.3 is 6.03 Å². The average molecular weight is 364 g/mol. The van der Waals surface area contributed by atoms with Crippen molar-refractivity contribution in [3.8, 4) is 5.75 Å². The van der Waals surface area contributed by atoms with Crippen LogP contribution in [0.3, 0.4) is 0 Å². The standard InChI is InChI=1S/C20H20N4O3/c1-23-16-12-24(11-13-7-9-21-10-8-13)19(25)17(16)18(22-20(23)26)14-3-5-15(27-2)6-4-14/h3-10,18H,11-12H2,1-2H3,(H,22,26). The highest BCUT2D eigenvalue weighted by Gasteiger charge is 2.42. The monoisotopic (exact) mass is 364 g/mol. The third-order valence-electron chi connectivity index (χ3n) is 5.01. The molecule has 0 radical (unpaired) electrons. The smallest absolute Gasteiger partial charge is 0.322 e. The molecular weight excluding hydrogens is 344 g/mol. The van der Waals surface area contributed by atoms with Crippen molar-refractivity contribution in [2.75, 3.05) is 20.7 Å². The maximum atomic E-state index is 13.2. The second-order valence-electron chi connectivity index (χ2n) is 6.59. The molecule has 0 bridgehead atoms. The van der Waals surface area contributed by atoms with E-state index in [2.05, 4.69) is 10.3 Å². The van der Waals surface area contributed by atoms with Gasteiger partial charge in [0.2, 0.25) is 0 Å². The Balaban J connectivity index is 1.66. The fourth-order valence-corrected chi connectivity index (χ4v) is 3.51. The minimum Gasteiger partial charge on any atom is -0.497 e. The van der Waals surface area contributed by atoms with Crippen LogP contribution in [0.25, 0.3) is 0 Å². The van der Waals surface area contributed by atoms with Crippen molar-refractivity contribution in [2.45, 2.75) is 12.6 Å². The fraction of sp³-hybridized carbons (Fsp3) is 0.250. The molecule has 1 aromatic heterocycles. The Hall–Kier alpha value is -3.35. The second kappa shape index (κ2) is 6.75. The van der Waals surface area contributed by atoms with E-state index in [0.717, 1.165) is 22.6 Å². The molecule has 2 aliphatic rings. The lowest BCUT2D eigenvalue weighted by Gasteiger charge is -2.31. The normalized spacial score (nSPS) is 19.3. The zero-order valence-electron chi connectivity index (χ0n) is 15.2. The van der Waals surface area contributed by atoms with Gasteiger partial charge in [0.25, 0.3) is 5.91 Å². The van der Waals surface area contributed by atoms with Crippen molar-refractivity contribution < 1.29 is 14.3 Å². The summed E-state index contributed by atoms with van der Waals surface area (Å²) in [6.45, 7) is 0.888. The number of urea groups is 1. The van der Waals surface area contributed by atoms with E-state index in [1.165, 1.54) is 4.90 Å². The van der Waals surface area contributed by atoms with Crippen LogP contribution in [0.15, 0.2) is 60.1 Å². The molecule has 1 atom stereocenters. The Morgan fingerprint density at radius 1 is 1.15 bits per heavy atom. The first kappa shape index (κ1) is 17.1. The molecule has 138 valence electrons. The highest BCUT2D eigenvalue weighted by atomic mass is 16.5. The molecule has 0 spiro atoms. The minimum absolute atomic E-state index is 0.0607. The number of methoxy groups -OCH3 is 1. The molecule has 7 heteroatoms. The Kier molecular flexibility index (Phi) is 4.27. The number of rotatable bonds is 4. The predicted octanol–water partition coefficient (Wildman–Crippen LogP) is 2.08. The van der Waals surface area contributed by atoms with Gasteiger partial charge in [-0.1, -0.05) is 12.1 Å². The number of pyridine rings is 1. The van der Waals surface area contributed by atoms with Gasteiger partial charge in [0.15, 0.2) is 0 Å². The number of likely N-dealkylation sites (N-methyl/N-ethyl adjacent to an activating group) is 1. The number of aromatic nitrogens is 1. The maximum absolute atomic E-state index is 13.2. The molecule has 0 saturated heterocycles. The lowest BCUT2D eigenvalue weighted by molar-refractivity contribution is -0.126. The van der Waals surface area contributed by atoms with Gasteiger partial charge in [-0.25, -0.2) is 4.79 Å². The molecule has 1 N–H and O–H groups in total. The van der Waals surface area contributed by atoms with Gasteiger partial charge in [0.1, 0.15) is 5.75 Å². The van der Waals surface area contributed by atoms with Crippen molar-refractivity contribution >= 4 is 11.9 Å². The summed E-state index contributed by atoms with van der Waals surface area (Å²) in [5, 5.41) is 2.94. The van der Waals surface area contributed by atoms with Crippen molar-refractivity contribution in [3.63, 3.8) is 0 Å². The summed E-state index contributed by atoms with van der Waals surface area (Å²) in [5.41, 5.74) is 3.22. The number of amides is 3. The van der Waals surface area contributed by atoms with E-state index in [1.807, 2.05) is 36.4 Å². The van der Waals surface area contributed by atoms with E-state index in [9.17, 15) is 9.59 Å². The van der Waals surface area contributed by atoms with Crippen LogP contribution in [0.5, 0.6) is 5.75 Å². The number of ether oxygens (including phenoxy) is 1. The van der Waals surface area contributed by atoms with Gasteiger partial charge in [0, 0.05) is 26.0 Å². The Labute approximate surface area is 157 Å². The van der Waals surface area contributed by atoms with Crippen LogP contribution in [0.2, 0.25) is 0 Å². The zero-order chi connectivity index (χ0) is 19.0. The minimum atomic E-state index is -0.468. The summed E-state index contributed by atoms with van der Waals surface area (Å²) in [6.07, 6.45) is 3.42. The first-order valence-corrected chi connectivity index (χ1v) is 8.68. The van der Waals surface area contributed by atoms with Gasteiger partial charge in [-0.15, -0.1) is 0 Å². The van der Waals surface area contributed by atoms with Gasteiger partial charge < -0.3 is 15.0 Å². The van der Waals surface area contributed by atoms with Gasteiger partial charge in [0.05, 0.1) is 31.0 Å². The molecule has 2 aromatic rings. The van der Waals surface area contributed by atoms with Crippen molar-refractivity contribution in [3.05, 3.63) is 71.2 Å². The number of hydrogen-bond donors (Lipinski definition) is 1. The number of benzene rings is 1. The number of nitrogens with zero attached hydrogens (tertiary/aromatic N) is 3. The summed E-state index contributed by atoms with van der Waals surface area (Å²) in [6, 6.07) is 10.5. The number of carbonyl (C=O) groups excluding carboxylic acids is 2. The summed E-state index contributed by atoms with van der Waals surface area (Å²) < 4.78 is 5.20. The fourth-order valence-electron chi connectivity index (χ4n) is 3.51. The van der Waals surface area contributed by atoms with Crippen molar-refractivity contribution in [2.24, 2.45) is 0 Å². The summed E-state index contributed by atoms with van der Waals surface area (Å²) in [5.74, 6) is 0.666. The number of nitrogens with one attached hydrogen (secondary N) is 1. The van der Waals surface area contributed by atoms with Crippen LogP contribution < -0.4 is 10.1 Å². The summed E-state index contributed by atoms with van der Waals surface area (Å²) >= 11 is 0. The van der Waals surface area contributed by atoms with E-state index in [4.69, 9.17) is 4.74 Å². The SMILES string of the molecule is COc1ccc(C2NC(=O)N(C)C3=C2C(=O)N(Cc2ccncc2)C3)cc1. The third kappa shape index (κ3) is 3.01. The van der Waals surface area contributed by atoms with Crippen LogP contribution >= 0.6 is 0 Å². The van der Waals surface area contributed by atoms with E-state index in [-0.39, 0.29) is 11.9 Å². The van der Waals surface area contributed by atoms with E-state index in [1.54, 1.807) is 31.5 Å². The van der Waals surface area contributed by atoms with Gasteiger partial charge in [-0.2, -0.15) is 0 Å². The summed E-state index contributed by atoms with van der Waals surface area (Å²) in [7, 11) is 3.29. The van der Waals surface area contributed by atoms with Gasteiger partial charge in [-0.05, 0) is 35.4 Å². The largest absolute Gasteiger partial charge is 0.497 e. The van der Waals surface area contributed by atoms with Gasteiger partial charge in [-0.3, -0.25) is 14.7 Å². The van der Waals surface area contributed by atoms with Crippen LogP contribution in [-0.4, -0.2) is 47.4 Å². The molecule has 0 fully saturated rings. The number of hydrogen-bond acceptors (Lipinski definition) is 4. The first-order chi connectivity index (χ1) is 13.1. The summed E-state index contributed by atoms with van der Waals surface area (Å²) in [4.78, 5) is 32.9. The molecule has 3 amide bonds. The van der Waals surface area contributed by atoms with E-state index >= 15 is 0 Å². The van der Waals surface area contributed by atoms with Crippen molar-refractivity contribution in [1.82, 2.24) is 20.1 Å². The van der Waals surface area contributed by atoms with Crippen LogP contribution in [0.1, 0.15) is 17.2 Å².